The molecular weight excluding hydrogens is 358 g/mol. The minimum Gasteiger partial charge on any atom is -0.497 e. The number of carbonyl (C=O) groups excluding carboxylic acids is 1. The Morgan fingerprint density at radius 1 is 1.20 bits per heavy atom. The number of methoxy groups -OCH3 is 1. The van der Waals surface area contributed by atoms with Gasteiger partial charge in [0.25, 0.3) is 0 Å². The van der Waals surface area contributed by atoms with E-state index in [0.29, 0.717) is 10.6 Å². The summed E-state index contributed by atoms with van der Waals surface area (Å²) in [7, 11) is 1.63. The second-order valence-corrected chi connectivity index (χ2v) is 6.92. The molecule has 0 radical (unpaired) electrons. The molecule has 4 nitrogen and oxygen atoms in total. The van der Waals surface area contributed by atoms with Crippen LogP contribution in [0.25, 0.3) is 0 Å². The van der Waals surface area contributed by atoms with Crippen molar-refractivity contribution < 1.29 is 14.4 Å². The minimum absolute atomic E-state index is 0.422. The van der Waals surface area contributed by atoms with E-state index in [-0.39, 0.29) is 0 Å². The molecule has 0 unspecified atom stereocenters. The fourth-order valence-corrected chi connectivity index (χ4v) is 3.57. The maximum absolute atomic E-state index is 12.4. The quantitative estimate of drug-likeness (QED) is 0.430. The Bertz CT molecular complexity index is 835. The Kier molecular flexibility index (Phi) is 5.66. The van der Waals surface area contributed by atoms with Gasteiger partial charge in [0.15, 0.2) is 0 Å². The van der Waals surface area contributed by atoms with Crippen LogP contribution >= 0.6 is 23.4 Å². The van der Waals surface area contributed by atoms with E-state index in [4.69, 9.17) is 21.2 Å². The van der Waals surface area contributed by atoms with Crippen molar-refractivity contribution in [3.8, 4) is 5.75 Å². The standard InChI is InChI=1S/C19H18ClNO3S/c1-23-14-8-6-12-4-3-5-17(15(12)11-14)21-24-19(22)16-10-13(20)7-9-18(16)25-2/h6-11H,3-5H2,1-2H3/b21-17+. The highest BCUT2D eigenvalue weighted by atomic mass is 35.5. The molecule has 25 heavy (non-hydrogen) atoms. The van der Waals surface area contributed by atoms with E-state index in [9.17, 15) is 4.79 Å². The molecule has 1 aliphatic carbocycles. The number of rotatable bonds is 4. The van der Waals surface area contributed by atoms with Gasteiger partial charge in [-0.2, -0.15) is 0 Å². The smallest absolute Gasteiger partial charge is 0.366 e. The molecule has 0 amide bonds. The van der Waals surface area contributed by atoms with Crippen LogP contribution in [0.15, 0.2) is 46.4 Å². The van der Waals surface area contributed by atoms with Gasteiger partial charge in [0.05, 0.1) is 18.4 Å². The van der Waals surface area contributed by atoms with Gasteiger partial charge in [0, 0.05) is 15.5 Å². The van der Waals surface area contributed by atoms with E-state index in [2.05, 4.69) is 5.16 Å². The third kappa shape index (κ3) is 3.99. The molecule has 0 atom stereocenters. The highest BCUT2D eigenvalue weighted by Crippen LogP contribution is 2.27. The molecule has 0 bridgehead atoms. The Morgan fingerprint density at radius 3 is 2.80 bits per heavy atom. The third-order valence-corrected chi connectivity index (χ3v) is 5.14. The lowest BCUT2D eigenvalue weighted by Gasteiger charge is -2.18. The van der Waals surface area contributed by atoms with Crippen LogP contribution in [0.4, 0.5) is 0 Å². The highest BCUT2D eigenvalue weighted by molar-refractivity contribution is 7.98. The number of benzene rings is 2. The van der Waals surface area contributed by atoms with Crippen LogP contribution in [-0.4, -0.2) is 25.0 Å². The highest BCUT2D eigenvalue weighted by Gasteiger charge is 2.19. The average Bonchev–Trinajstić information content (AvgIpc) is 2.65. The first kappa shape index (κ1) is 17.8. The summed E-state index contributed by atoms with van der Waals surface area (Å²) in [5.41, 5.74) is 3.36. The zero-order valence-electron chi connectivity index (χ0n) is 14.0. The molecule has 1 aliphatic rings. The van der Waals surface area contributed by atoms with Crippen molar-refractivity contribution in [2.24, 2.45) is 5.16 Å². The fraction of sp³-hybridized carbons (Fsp3) is 0.263. The van der Waals surface area contributed by atoms with Gasteiger partial charge in [-0.15, -0.1) is 11.8 Å². The second kappa shape index (κ2) is 7.93. The molecule has 0 saturated carbocycles. The Balaban J connectivity index is 1.86. The van der Waals surface area contributed by atoms with E-state index in [0.717, 1.165) is 41.2 Å². The van der Waals surface area contributed by atoms with Crippen molar-refractivity contribution in [2.45, 2.75) is 24.2 Å². The lowest BCUT2D eigenvalue weighted by atomic mass is 9.90. The number of nitrogens with zero attached hydrogens (tertiary/aromatic N) is 1. The number of oxime groups is 1. The molecule has 0 N–H and O–H groups in total. The summed E-state index contributed by atoms with van der Waals surface area (Å²) in [5.74, 6) is 0.258. The van der Waals surface area contributed by atoms with Crippen LogP contribution in [0.1, 0.15) is 34.3 Å². The Labute approximate surface area is 156 Å². The van der Waals surface area contributed by atoms with Gasteiger partial charge in [-0.25, -0.2) is 4.79 Å². The summed E-state index contributed by atoms with van der Waals surface area (Å²) in [4.78, 5) is 18.5. The first-order valence-corrected chi connectivity index (χ1v) is 9.51. The first-order chi connectivity index (χ1) is 12.1. The average molecular weight is 376 g/mol. The number of halogens is 1. The molecule has 6 heteroatoms. The molecule has 0 aliphatic heterocycles. The molecule has 2 aromatic carbocycles. The third-order valence-electron chi connectivity index (χ3n) is 4.11. The van der Waals surface area contributed by atoms with Gasteiger partial charge < -0.3 is 9.57 Å². The number of aryl methyl sites for hydroxylation is 1. The normalized spacial score (nSPS) is 14.9. The van der Waals surface area contributed by atoms with Crippen LogP contribution in [0.3, 0.4) is 0 Å². The second-order valence-electron chi connectivity index (χ2n) is 5.64. The number of hydrogen-bond acceptors (Lipinski definition) is 5. The summed E-state index contributed by atoms with van der Waals surface area (Å²) in [6.45, 7) is 0. The summed E-state index contributed by atoms with van der Waals surface area (Å²) < 4.78 is 5.29. The van der Waals surface area contributed by atoms with Gasteiger partial charge in [-0.05, 0) is 61.4 Å². The van der Waals surface area contributed by atoms with Crippen LogP contribution in [0, 0.1) is 0 Å². The zero-order chi connectivity index (χ0) is 17.8. The van der Waals surface area contributed by atoms with E-state index in [1.165, 1.54) is 17.3 Å². The SMILES string of the molecule is COc1ccc2c(c1)/C(=N/OC(=O)c1cc(Cl)ccc1SC)CCC2. The van der Waals surface area contributed by atoms with Crippen LogP contribution in [-0.2, 0) is 11.3 Å². The minimum atomic E-state index is -0.505. The summed E-state index contributed by atoms with van der Waals surface area (Å²) in [6.07, 6.45) is 4.62. The topological polar surface area (TPSA) is 47.9 Å². The van der Waals surface area contributed by atoms with Gasteiger partial charge in [0.1, 0.15) is 5.75 Å². The summed E-state index contributed by atoms with van der Waals surface area (Å²) in [5, 5.41) is 4.63. The van der Waals surface area contributed by atoms with E-state index in [1.807, 2.05) is 24.5 Å². The molecule has 0 aromatic heterocycles. The van der Waals surface area contributed by atoms with Crippen molar-refractivity contribution in [2.75, 3.05) is 13.4 Å². The van der Waals surface area contributed by atoms with Crippen molar-refractivity contribution >= 4 is 35.0 Å². The monoisotopic (exact) mass is 375 g/mol. The van der Waals surface area contributed by atoms with Crippen LogP contribution in [0.5, 0.6) is 5.75 Å². The lowest BCUT2D eigenvalue weighted by molar-refractivity contribution is 0.0511. The summed E-state index contributed by atoms with van der Waals surface area (Å²) >= 11 is 7.46. The maximum atomic E-state index is 12.4. The molecule has 0 saturated heterocycles. The predicted molar refractivity (Wildman–Crippen MR) is 101 cm³/mol. The van der Waals surface area contributed by atoms with Crippen LogP contribution in [0.2, 0.25) is 5.02 Å². The zero-order valence-corrected chi connectivity index (χ0v) is 15.6. The number of thioether (sulfide) groups is 1. The number of carbonyl (C=O) groups is 1. The molecule has 0 spiro atoms. The molecule has 2 aromatic rings. The Hall–Kier alpha value is -1.98. The molecule has 0 heterocycles. The van der Waals surface area contributed by atoms with Gasteiger partial charge >= 0.3 is 5.97 Å². The largest absolute Gasteiger partial charge is 0.497 e. The number of fused-ring (bicyclic) bond motifs is 1. The van der Waals surface area contributed by atoms with E-state index in [1.54, 1.807) is 25.3 Å². The number of hydrogen-bond donors (Lipinski definition) is 0. The van der Waals surface area contributed by atoms with Gasteiger partial charge in [-0.1, -0.05) is 22.8 Å². The lowest BCUT2D eigenvalue weighted by Crippen LogP contribution is -2.14. The summed E-state index contributed by atoms with van der Waals surface area (Å²) in [6, 6.07) is 11.1. The van der Waals surface area contributed by atoms with Gasteiger partial charge in [-0.3, -0.25) is 0 Å². The Morgan fingerprint density at radius 2 is 2.04 bits per heavy atom. The van der Waals surface area contributed by atoms with Gasteiger partial charge in [0.2, 0.25) is 0 Å². The maximum Gasteiger partial charge on any atom is 0.366 e. The van der Waals surface area contributed by atoms with Crippen LogP contribution < -0.4 is 4.74 Å². The van der Waals surface area contributed by atoms with E-state index < -0.39 is 5.97 Å². The molecular formula is C19H18ClNO3S. The van der Waals surface area contributed by atoms with Crippen molar-refractivity contribution in [1.29, 1.82) is 0 Å². The van der Waals surface area contributed by atoms with E-state index >= 15 is 0 Å². The number of ether oxygens (including phenoxy) is 1. The molecule has 0 fully saturated rings. The fourth-order valence-electron chi connectivity index (χ4n) is 2.83. The molecule has 130 valence electrons. The predicted octanol–water partition coefficient (Wildman–Crippen LogP) is 4.97. The van der Waals surface area contributed by atoms with Crippen molar-refractivity contribution in [3.63, 3.8) is 0 Å². The molecule has 3 rings (SSSR count). The van der Waals surface area contributed by atoms with Crippen molar-refractivity contribution in [1.82, 2.24) is 0 Å². The first-order valence-electron chi connectivity index (χ1n) is 7.91. The van der Waals surface area contributed by atoms with Crippen molar-refractivity contribution in [3.05, 3.63) is 58.1 Å².